The number of aliphatic carboxylic acids is 1. The molecular formula is C18H11Cl2NO5. The average molecular weight is 392 g/mol. The monoisotopic (exact) mass is 391 g/mol. The van der Waals surface area contributed by atoms with E-state index in [1.807, 2.05) is 6.07 Å². The molecule has 2 N–H and O–H groups in total. The Morgan fingerprint density at radius 1 is 1.15 bits per heavy atom. The fraction of sp³-hybridized carbons (Fsp3) is 0.0556. The SMILES string of the molecule is N#Cc1cc(Cl)c(Cl)cc1COc1cccc(/C(O)=C/C(=O)C(=O)O)c1. The number of benzene rings is 2. The van der Waals surface area contributed by atoms with Crippen LogP contribution in [0.4, 0.5) is 0 Å². The van der Waals surface area contributed by atoms with E-state index in [0.717, 1.165) is 0 Å². The number of carboxylic acids is 1. The third kappa shape index (κ3) is 4.76. The Morgan fingerprint density at radius 2 is 1.85 bits per heavy atom. The summed E-state index contributed by atoms with van der Waals surface area (Å²) in [4.78, 5) is 21.7. The Bertz CT molecular complexity index is 947. The third-order valence-electron chi connectivity index (χ3n) is 3.27. The first-order valence-electron chi connectivity index (χ1n) is 7.11. The Kier molecular flexibility index (Phi) is 6.23. The molecule has 0 amide bonds. The second-order valence-corrected chi connectivity index (χ2v) is 5.87. The Balaban J connectivity index is 2.20. The summed E-state index contributed by atoms with van der Waals surface area (Å²) in [6, 6.07) is 11.0. The van der Waals surface area contributed by atoms with Crippen LogP contribution in [-0.4, -0.2) is 22.0 Å². The third-order valence-corrected chi connectivity index (χ3v) is 3.99. The van der Waals surface area contributed by atoms with Crippen molar-refractivity contribution in [3.8, 4) is 11.8 Å². The summed E-state index contributed by atoms with van der Waals surface area (Å²) in [5.41, 5.74) is 1.03. The fourth-order valence-corrected chi connectivity index (χ4v) is 2.34. The van der Waals surface area contributed by atoms with Gasteiger partial charge in [-0.2, -0.15) is 5.26 Å². The van der Waals surface area contributed by atoms with Gasteiger partial charge in [0, 0.05) is 17.2 Å². The molecule has 0 aliphatic carbocycles. The van der Waals surface area contributed by atoms with Gasteiger partial charge in [-0.05, 0) is 24.3 Å². The van der Waals surface area contributed by atoms with Crippen LogP contribution < -0.4 is 4.74 Å². The highest BCUT2D eigenvalue weighted by Gasteiger charge is 2.12. The minimum Gasteiger partial charge on any atom is -0.507 e. The van der Waals surface area contributed by atoms with E-state index in [4.69, 9.17) is 38.3 Å². The summed E-state index contributed by atoms with van der Waals surface area (Å²) in [5, 5.41) is 28.1. The molecule has 0 bridgehead atoms. The molecule has 0 heterocycles. The molecule has 8 heteroatoms. The van der Waals surface area contributed by atoms with Crippen molar-refractivity contribution in [3.05, 3.63) is 69.2 Å². The molecule has 0 fully saturated rings. The number of hydrogen-bond acceptors (Lipinski definition) is 5. The quantitative estimate of drug-likeness (QED) is 0.437. The zero-order valence-corrected chi connectivity index (χ0v) is 14.6. The first-order chi connectivity index (χ1) is 12.3. The van der Waals surface area contributed by atoms with Crippen molar-refractivity contribution in [2.45, 2.75) is 6.61 Å². The standard InChI is InChI=1S/C18H11Cl2NO5/c19-14-5-11(8-21)12(6-15(14)20)9-26-13-3-1-2-10(4-13)16(22)7-17(23)18(24)25/h1-7,22H,9H2,(H,24,25)/b16-7-. The lowest BCUT2D eigenvalue weighted by Gasteiger charge is -2.10. The lowest BCUT2D eigenvalue weighted by Crippen LogP contribution is -2.09. The fourth-order valence-electron chi connectivity index (χ4n) is 1.99. The van der Waals surface area contributed by atoms with Crippen LogP contribution >= 0.6 is 23.2 Å². The summed E-state index contributed by atoms with van der Waals surface area (Å²) in [6.07, 6.45) is 0.605. The molecule has 2 aromatic carbocycles. The number of ketones is 1. The van der Waals surface area contributed by atoms with E-state index in [2.05, 4.69) is 0 Å². The number of carbonyl (C=O) groups is 2. The maximum Gasteiger partial charge on any atom is 0.376 e. The zero-order valence-electron chi connectivity index (χ0n) is 13.1. The highest BCUT2D eigenvalue weighted by molar-refractivity contribution is 6.42. The van der Waals surface area contributed by atoms with Gasteiger partial charge in [-0.3, -0.25) is 4.79 Å². The van der Waals surface area contributed by atoms with Crippen molar-refractivity contribution < 1.29 is 24.5 Å². The first kappa shape index (κ1) is 19.3. The number of carbonyl (C=O) groups excluding carboxylic acids is 1. The molecule has 0 aromatic heterocycles. The van der Waals surface area contributed by atoms with Crippen molar-refractivity contribution in [2.24, 2.45) is 0 Å². The van der Waals surface area contributed by atoms with E-state index in [1.54, 1.807) is 12.1 Å². The van der Waals surface area contributed by atoms with E-state index >= 15 is 0 Å². The van der Waals surface area contributed by atoms with Gasteiger partial charge in [0.15, 0.2) is 0 Å². The Morgan fingerprint density at radius 3 is 2.50 bits per heavy atom. The first-order valence-corrected chi connectivity index (χ1v) is 7.86. The van der Waals surface area contributed by atoms with E-state index in [0.29, 0.717) is 23.0 Å². The van der Waals surface area contributed by atoms with Gasteiger partial charge in [-0.15, -0.1) is 0 Å². The van der Waals surface area contributed by atoms with Gasteiger partial charge >= 0.3 is 5.97 Å². The van der Waals surface area contributed by atoms with Crippen LogP contribution in [0.1, 0.15) is 16.7 Å². The van der Waals surface area contributed by atoms with Crippen LogP contribution in [0, 0.1) is 11.3 Å². The van der Waals surface area contributed by atoms with Gasteiger partial charge in [-0.1, -0.05) is 35.3 Å². The van der Waals surface area contributed by atoms with Crippen LogP contribution in [0.3, 0.4) is 0 Å². The van der Waals surface area contributed by atoms with Gasteiger partial charge in [0.2, 0.25) is 0 Å². The van der Waals surface area contributed by atoms with Gasteiger partial charge < -0.3 is 14.9 Å². The zero-order chi connectivity index (χ0) is 19.3. The molecule has 0 atom stereocenters. The summed E-state index contributed by atoms with van der Waals surface area (Å²) in [5.74, 6) is -3.09. The number of nitrogens with zero attached hydrogens (tertiary/aromatic N) is 1. The number of hydrogen-bond donors (Lipinski definition) is 2. The minimum atomic E-state index is -1.67. The molecule has 0 spiro atoms. The highest BCUT2D eigenvalue weighted by atomic mass is 35.5. The molecule has 0 unspecified atom stereocenters. The van der Waals surface area contributed by atoms with E-state index in [-0.39, 0.29) is 22.2 Å². The van der Waals surface area contributed by atoms with Gasteiger partial charge in [0.05, 0.1) is 21.7 Å². The largest absolute Gasteiger partial charge is 0.507 e. The number of nitriles is 1. The van der Waals surface area contributed by atoms with Crippen LogP contribution in [0.2, 0.25) is 10.0 Å². The van der Waals surface area contributed by atoms with Crippen molar-refractivity contribution in [2.75, 3.05) is 0 Å². The number of rotatable bonds is 6. The van der Waals surface area contributed by atoms with Crippen molar-refractivity contribution in [3.63, 3.8) is 0 Å². The van der Waals surface area contributed by atoms with Gasteiger partial charge in [0.1, 0.15) is 18.1 Å². The lowest BCUT2D eigenvalue weighted by atomic mass is 10.1. The van der Waals surface area contributed by atoms with Gasteiger partial charge in [-0.25, -0.2) is 4.79 Å². The minimum absolute atomic E-state index is 0.0156. The van der Waals surface area contributed by atoms with Crippen molar-refractivity contribution in [1.82, 2.24) is 0 Å². The van der Waals surface area contributed by atoms with Gasteiger partial charge in [0.25, 0.3) is 5.78 Å². The molecular weight excluding hydrogens is 381 g/mol. The summed E-state index contributed by atoms with van der Waals surface area (Å²) >= 11 is 11.8. The predicted molar refractivity (Wildman–Crippen MR) is 95.2 cm³/mol. The van der Waals surface area contributed by atoms with Crippen LogP contribution in [-0.2, 0) is 16.2 Å². The number of ether oxygens (including phenoxy) is 1. The Labute approximate surface area is 158 Å². The molecule has 2 rings (SSSR count). The maximum absolute atomic E-state index is 11.1. The summed E-state index contributed by atoms with van der Waals surface area (Å²) in [6.45, 7) is 0.0156. The molecule has 0 saturated heterocycles. The summed E-state index contributed by atoms with van der Waals surface area (Å²) in [7, 11) is 0. The van der Waals surface area contributed by atoms with Crippen molar-refractivity contribution in [1.29, 1.82) is 5.26 Å². The summed E-state index contributed by atoms with van der Waals surface area (Å²) < 4.78 is 5.58. The molecule has 6 nitrogen and oxygen atoms in total. The normalized spacial score (nSPS) is 10.9. The van der Waals surface area contributed by atoms with Crippen molar-refractivity contribution >= 4 is 40.7 Å². The topological polar surface area (TPSA) is 108 Å². The lowest BCUT2D eigenvalue weighted by molar-refractivity contribution is -0.146. The molecule has 0 aliphatic rings. The number of halogens is 2. The molecule has 0 saturated carbocycles. The second-order valence-electron chi connectivity index (χ2n) is 5.05. The van der Waals surface area contributed by atoms with E-state index in [1.165, 1.54) is 24.3 Å². The molecule has 132 valence electrons. The predicted octanol–water partition coefficient (Wildman–Crippen LogP) is 4.00. The highest BCUT2D eigenvalue weighted by Crippen LogP contribution is 2.27. The number of aliphatic hydroxyl groups is 1. The van der Waals surface area contributed by atoms with E-state index in [9.17, 15) is 14.7 Å². The van der Waals surface area contributed by atoms with Crippen LogP contribution in [0.5, 0.6) is 5.75 Å². The van der Waals surface area contributed by atoms with Crippen LogP contribution in [0.25, 0.3) is 5.76 Å². The van der Waals surface area contributed by atoms with Crippen LogP contribution in [0.15, 0.2) is 42.5 Å². The Hall–Kier alpha value is -3.01. The smallest absolute Gasteiger partial charge is 0.376 e. The second kappa shape index (κ2) is 8.39. The number of aliphatic hydroxyl groups excluding tert-OH is 1. The molecule has 0 aliphatic heterocycles. The molecule has 0 radical (unpaired) electrons. The number of carboxylic acid groups (broad SMARTS) is 1. The maximum atomic E-state index is 11.1. The van der Waals surface area contributed by atoms with E-state index < -0.39 is 17.5 Å². The molecule has 2 aromatic rings. The average Bonchev–Trinajstić information content (AvgIpc) is 2.62. The molecule has 26 heavy (non-hydrogen) atoms.